The van der Waals surface area contributed by atoms with Crippen LogP contribution in [0, 0.1) is 5.82 Å². The number of hydrogen-bond donors (Lipinski definition) is 1. The summed E-state index contributed by atoms with van der Waals surface area (Å²) in [5, 5.41) is 5.54. The second kappa shape index (κ2) is 7.66. The van der Waals surface area contributed by atoms with Gasteiger partial charge in [-0.25, -0.2) is 9.37 Å². The van der Waals surface area contributed by atoms with Crippen molar-refractivity contribution < 1.29 is 9.18 Å². The molecule has 0 aliphatic carbocycles. The lowest BCUT2D eigenvalue weighted by molar-refractivity contribution is -0.119. The van der Waals surface area contributed by atoms with Crippen molar-refractivity contribution in [1.29, 1.82) is 0 Å². The predicted octanol–water partition coefficient (Wildman–Crippen LogP) is 4.24. The van der Waals surface area contributed by atoms with E-state index in [0.29, 0.717) is 5.56 Å². The monoisotopic (exact) mass is 369 g/mol. The Morgan fingerprint density at radius 2 is 1.92 bits per heavy atom. The molecule has 134 valence electrons. The molecule has 26 heavy (non-hydrogen) atoms. The maximum Gasteiger partial charge on any atom is 0.217 e. The summed E-state index contributed by atoms with van der Waals surface area (Å²) < 4.78 is 13.6. The lowest BCUT2D eigenvalue weighted by Gasteiger charge is -2.16. The van der Waals surface area contributed by atoms with Crippen LogP contribution in [0.2, 0.25) is 0 Å². The van der Waals surface area contributed by atoms with Crippen LogP contribution in [0.5, 0.6) is 0 Å². The minimum Gasteiger partial charge on any atom is -0.378 e. The Kier molecular flexibility index (Phi) is 5.32. The molecule has 0 saturated carbocycles. The highest BCUT2D eigenvalue weighted by Crippen LogP contribution is 2.30. The zero-order chi connectivity index (χ0) is 18.7. The summed E-state index contributed by atoms with van der Waals surface area (Å²) in [5.41, 5.74) is 3.62. The topological polar surface area (TPSA) is 45.2 Å². The van der Waals surface area contributed by atoms with Crippen molar-refractivity contribution in [2.45, 2.75) is 13.0 Å². The molecule has 0 saturated heterocycles. The van der Waals surface area contributed by atoms with Crippen LogP contribution in [-0.2, 0) is 4.79 Å². The van der Waals surface area contributed by atoms with E-state index in [1.807, 2.05) is 48.6 Å². The van der Waals surface area contributed by atoms with Crippen LogP contribution in [0.4, 0.5) is 10.1 Å². The minimum atomic E-state index is -0.469. The summed E-state index contributed by atoms with van der Waals surface area (Å²) in [6.45, 7) is 1.45. The van der Waals surface area contributed by atoms with E-state index in [0.717, 1.165) is 22.0 Å². The van der Waals surface area contributed by atoms with Gasteiger partial charge in [0.2, 0.25) is 5.91 Å². The molecule has 1 N–H and O–H groups in total. The molecule has 6 heteroatoms. The Morgan fingerprint density at radius 1 is 1.19 bits per heavy atom. The van der Waals surface area contributed by atoms with E-state index in [1.165, 1.54) is 30.4 Å². The molecule has 1 unspecified atom stereocenters. The number of thiazole rings is 1. The van der Waals surface area contributed by atoms with E-state index >= 15 is 0 Å². The normalized spacial score (nSPS) is 11.8. The van der Waals surface area contributed by atoms with Crippen molar-refractivity contribution in [3.05, 3.63) is 70.3 Å². The first-order chi connectivity index (χ1) is 12.4. The first kappa shape index (κ1) is 18.1. The van der Waals surface area contributed by atoms with Crippen LogP contribution in [0.25, 0.3) is 11.3 Å². The molecule has 1 atom stereocenters. The molecule has 3 rings (SSSR count). The fraction of sp³-hybridized carbons (Fsp3) is 0.200. The Bertz CT molecular complexity index is 905. The summed E-state index contributed by atoms with van der Waals surface area (Å²) in [4.78, 5) is 18.3. The van der Waals surface area contributed by atoms with Crippen LogP contribution >= 0.6 is 11.3 Å². The molecular weight excluding hydrogens is 349 g/mol. The molecule has 3 aromatic rings. The van der Waals surface area contributed by atoms with Gasteiger partial charge in [-0.1, -0.05) is 24.3 Å². The Hall–Kier alpha value is -2.73. The predicted molar refractivity (Wildman–Crippen MR) is 104 cm³/mol. The van der Waals surface area contributed by atoms with Crippen LogP contribution in [-0.4, -0.2) is 25.0 Å². The number of carbonyl (C=O) groups excluding carboxylic acids is 1. The summed E-state index contributed by atoms with van der Waals surface area (Å²) >= 11 is 1.45. The van der Waals surface area contributed by atoms with E-state index in [2.05, 4.69) is 10.3 Å². The van der Waals surface area contributed by atoms with Gasteiger partial charge in [-0.3, -0.25) is 4.79 Å². The van der Waals surface area contributed by atoms with Gasteiger partial charge in [-0.05, 0) is 29.8 Å². The summed E-state index contributed by atoms with van der Waals surface area (Å²) in [6, 6.07) is 13.9. The van der Waals surface area contributed by atoms with Crippen molar-refractivity contribution in [3.8, 4) is 11.3 Å². The highest BCUT2D eigenvalue weighted by atomic mass is 32.1. The molecule has 1 amide bonds. The first-order valence-electron chi connectivity index (χ1n) is 8.20. The van der Waals surface area contributed by atoms with Gasteiger partial charge in [0, 0.05) is 37.6 Å². The molecule has 0 fully saturated rings. The highest BCUT2D eigenvalue weighted by Gasteiger charge is 2.20. The van der Waals surface area contributed by atoms with Gasteiger partial charge in [-0.2, -0.15) is 0 Å². The standard InChI is InChI=1S/C20H20FN3OS/c1-13(25)22-19(15-5-4-6-16(21)11-15)20-23-18(12-26-20)14-7-9-17(10-8-14)24(2)3/h4-12,19H,1-3H3,(H,22,25). The number of anilines is 1. The first-order valence-corrected chi connectivity index (χ1v) is 9.08. The molecule has 1 aromatic heterocycles. The molecule has 0 radical (unpaired) electrons. The van der Waals surface area contributed by atoms with Crippen molar-refractivity contribution in [2.75, 3.05) is 19.0 Å². The Labute approximate surface area is 156 Å². The third kappa shape index (κ3) is 4.08. The Balaban J connectivity index is 1.93. The fourth-order valence-corrected chi connectivity index (χ4v) is 3.56. The number of benzene rings is 2. The van der Waals surface area contributed by atoms with Crippen LogP contribution < -0.4 is 10.2 Å². The molecule has 0 aliphatic heterocycles. The van der Waals surface area contributed by atoms with Crippen molar-refractivity contribution in [3.63, 3.8) is 0 Å². The van der Waals surface area contributed by atoms with Gasteiger partial charge in [0.1, 0.15) is 16.9 Å². The number of amides is 1. The van der Waals surface area contributed by atoms with Crippen LogP contribution in [0.1, 0.15) is 23.5 Å². The number of halogens is 1. The number of rotatable bonds is 5. The average molecular weight is 369 g/mol. The lowest BCUT2D eigenvalue weighted by Crippen LogP contribution is -2.26. The summed E-state index contributed by atoms with van der Waals surface area (Å²) in [6.07, 6.45) is 0. The van der Waals surface area contributed by atoms with Crippen LogP contribution in [0.15, 0.2) is 53.9 Å². The summed E-state index contributed by atoms with van der Waals surface area (Å²) in [7, 11) is 3.99. The summed E-state index contributed by atoms with van der Waals surface area (Å²) in [5.74, 6) is -0.528. The Morgan fingerprint density at radius 3 is 2.54 bits per heavy atom. The maximum absolute atomic E-state index is 13.6. The number of carbonyl (C=O) groups is 1. The molecular formula is C20H20FN3OS. The zero-order valence-electron chi connectivity index (χ0n) is 14.9. The van der Waals surface area contributed by atoms with Gasteiger partial charge in [0.05, 0.1) is 5.69 Å². The van der Waals surface area contributed by atoms with Crippen LogP contribution in [0.3, 0.4) is 0 Å². The molecule has 0 aliphatic rings. The van der Waals surface area contributed by atoms with Gasteiger partial charge >= 0.3 is 0 Å². The van der Waals surface area contributed by atoms with Gasteiger partial charge in [0.15, 0.2) is 0 Å². The van der Waals surface area contributed by atoms with Gasteiger partial charge in [0.25, 0.3) is 0 Å². The van der Waals surface area contributed by atoms with E-state index in [9.17, 15) is 9.18 Å². The SMILES string of the molecule is CC(=O)NC(c1cccc(F)c1)c1nc(-c2ccc(N(C)C)cc2)cs1. The minimum absolute atomic E-state index is 0.189. The largest absolute Gasteiger partial charge is 0.378 e. The number of aromatic nitrogens is 1. The average Bonchev–Trinajstić information content (AvgIpc) is 3.09. The van der Waals surface area contributed by atoms with E-state index in [-0.39, 0.29) is 11.7 Å². The molecule has 0 spiro atoms. The fourth-order valence-electron chi connectivity index (χ4n) is 2.66. The molecule has 1 heterocycles. The third-order valence-electron chi connectivity index (χ3n) is 3.98. The molecule has 4 nitrogen and oxygen atoms in total. The van der Waals surface area contributed by atoms with Crippen molar-refractivity contribution >= 4 is 22.9 Å². The maximum atomic E-state index is 13.6. The van der Waals surface area contributed by atoms with Crippen molar-refractivity contribution in [1.82, 2.24) is 10.3 Å². The van der Waals surface area contributed by atoms with E-state index in [1.54, 1.807) is 12.1 Å². The zero-order valence-corrected chi connectivity index (χ0v) is 15.7. The molecule has 0 bridgehead atoms. The van der Waals surface area contributed by atoms with Gasteiger partial charge < -0.3 is 10.2 Å². The smallest absolute Gasteiger partial charge is 0.217 e. The second-order valence-electron chi connectivity index (χ2n) is 6.20. The van der Waals surface area contributed by atoms with E-state index < -0.39 is 6.04 Å². The molecule has 2 aromatic carbocycles. The lowest BCUT2D eigenvalue weighted by atomic mass is 10.1. The highest BCUT2D eigenvalue weighted by molar-refractivity contribution is 7.10. The number of nitrogens with zero attached hydrogens (tertiary/aromatic N) is 2. The van der Waals surface area contributed by atoms with E-state index in [4.69, 9.17) is 0 Å². The van der Waals surface area contributed by atoms with Gasteiger partial charge in [-0.15, -0.1) is 11.3 Å². The number of hydrogen-bond acceptors (Lipinski definition) is 4. The quantitative estimate of drug-likeness (QED) is 0.732. The second-order valence-corrected chi connectivity index (χ2v) is 7.09. The number of nitrogens with one attached hydrogen (secondary N) is 1. The third-order valence-corrected chi connectivity index (χ3v) is 4.89. The van der Waals surface area contributed by atoms with Crippen molar-refractivity contribution in [2.24, 2.45) is 0 Å².